The van der Waals surface area contributed by atoms with Crippen molar-refractivity contribution in [2.75, 3.05) is 6.54 Å². The monoisotopic (exact) mass is 352 g/mol. The average molecular weight is 352 g/mol. The Morgan fingerprint density at radius 3 is 2.40 bits per heavy atom. The Kier molecular flexibility index (Phi) is 4.93. The Hall–Kier alpha value is -2.95. The van der Waals surface area contributed by atoms with Gasteiger partial charge in [0.15, 0.2) is 0 Å². The zero-order valence-electron chi connectivity index (χ0n) is 13.3. The first-order valence-corrected chi connectivity index (χ1v) is 9.15. The first-order chi connectivity index (χ1) is 12.1. The summed E-state index contributed by atoms with van der Waals surface area (Å²) >= 11 is 0. The molecule has 0 spiro atoms. The molecule has 0 aliphatic rings. The fourth-order valence-corrected chi connectivity index (χ4v) is 3.39. The molecule has 2 aromatic carbocycles. The van der Waals surface area contributed by atoms with Gasteiger partial charge >= 0.3 is 0 Å². The quantitative estimate of drug-likeness (QED) is 0.737. The summed E-state index contributed by atoms with van der Waals surface area (Å²) < 4.78 is 28.8. The van der Waals surface area contributed by atoms with Crippen molar-refractivity contribution in [2.45, 2.75) is 11.3 Å². The number of nitrogens with zero attached hydrogens (tertiary/aromatic N) is 3. The molecular formula is C18H16N4O2S. The summed E-state index contributed by atoms with van der Waals surface area (Å²) in [5.74, 6) is 0. The molecule has 0 radical (unpaired) electrons. The van der Waals surface area contributed by atoms with Crippen LogP contribution in [0.1, 0.15) is 11.1 Å². The van der Waals surface area contributed by atoms with Gasteiger partial charge in [-0.3, -0.25) is 0 Å². The second-order valence-electron chi connectivity index (χ2n) is 5.40. The lowest BCUT2D eigenvalue weighted by atomic mass is 10.1. The van der Waals surface area contributed by atoms with Crippen molar-refractivity contribution in [1.82, 2.24) is 14.5 Å². The molecule has 0 amide bonds. The number of aromatic nitrogens is 2. The van der Waals surface area contributed by atoms with E-state index in [0.29, 0.717) is 18.5 Å². The number of hydrogen-bond acceptors (Lipinski definition) is 4. The number of nitriles is 1. The topological polar surface area (TPSA) is 87.8 Å². The van der Waals surface area contributed by atoms with Crippen LogP contribution in [0, 0.1) is 11.3 Å². The lowest BCUT2D eigenvalue weighted by molar-refractivity contribution is 0.581. The number of hydrogen-bond donors (Lipinski definition) is 1. The van der Waals surface area contributed by atoms with Gasteiger partial charge in [0.25, 0.3) is 0 Å². The maximum Gasteiger partial charge on any atom is 0.240 e. The van der Waals surface area contributed by atoms with Crippen LogP contribution in [0.2, 0.25) is 0 Å². The van der Waals surface area contributed by atoms with Crippen LogP contribution in [0.15, 0.2) is 71.9 Å². The third-order valence-corrected chi connectivity index (χ3v) is 5.18. The van der Waals surface area contributed by atoms with Gasteiger partial charge in [-0.15, -0.1) is 0 Å². The standard InChI is InChI=1S/C18H16N4O2S/c19-14-16-4-8-18(9-5-16)25(23,24)21-12-10-15-2-6-17(7-3-15)22-13-1-11-20-22/h1-9,11,13,21H,10,12H2. The number of benzene rings is 2. The fraction of sp³-hybridized carbons (Fsp3) is 0.111. The minimum atomic E-state index is -3.57. The van der Waals surface area contributed by atoms with E-state index in [1.807, 2.05) is 42.6 Å². The maximum absolute atomic E-state index is 12.2. The van der Waals surface area contributed by atoms with Gasteiger partial charge in [-0.25, -0.2) is 17.8 Å². The molecule has 25 heavy (non-hydrogen) atoms. The number of sulfonamides is 1. The molecule has 3 aromatic rings. The molecule has 0 unspecified atom stereocenters. The summed E-state index contributed by atoms with van der Waals surface area (Å²) in [7, 11) is -3.57. The van der Waals surface area contributed by atoms with Crippen LogP contribution in [0.4, 0.5) is 0 Å². The number of rotatable bonds is 6. The Labute approximate surface area is 146 Å². The van der Waals surface area contributed by atoms with Crippen molar-refractivity contribution in [3.05, 3.63) is 78.1 Å². The minimum Gasteiger partial charge on any atom is -0.241 e. The maximum atomic E-state index is 12.2. The molecule has 0 bridgehead atoms. The van der Waals surface area contributed by atoms with Crippen LogP contribution in [-0.2, 0) is 16.4 Å². The zero-order chi connectivity index (χ0) is 17.7. The highest BCUT2D eigenvalue weighted by atomic mass is 32.2. The average Bonchev–Trinajstić information content (AvgIpc) is 3.17. The van der Waals surface area contributed by atoms with Crippen molar-refractivity contribution < 1.29 is 8.42 Å². The van der Waals surface area contributed by atoms with Crippen molar-refractivity contribution in [2.24, 2.45) is 0 Å². The van der Waals surface area contributed by atoms with Crippen LogP contribution in [-0.4, -0.2) is 24.7 Å². The second-order valence-corrected chi connectivity index (χ2v) is 7.17. The molecule has 0 saturated heterocycles. The van der Waals surface area contributed by atoms with Gasteiger partial charge < -0.3 is 0 Å². The highest BCUT2D eigenvalue weighted by Crippen LogP contribution is 2.11. The zero-order valence-corrected chi connectivity index (χ0v) is 14.1. The first-order valence-electron chi connectivity index (χ1n) is 7.67. The van der Waals surface area contributed by atoms with Gasteiger partial charge in [0.05, 0.1) is 22.2 Å². The van der Waals surface area contributed by atoms with Crippen molar-refractivity contribution >= 4 is 10.0 Å². The van der Waals surface area contributed by atoms with E-state index in [0.717, 1.165) is 11.3 Å². The Balaban J connectivity index is 1.59. The molecule has 0 aliphatic carbocycles. The predicted molar refractivity (Wildman–Crippen MR) is 93.6 cm³/mol. The highest BCUT2D eigenvalue weighted by Gasteiger charge is 2.13. The van der Waals surface area contributed by atoms with E-state index in [4.69, 9.17) is 5.26 Å². The third kappa shape index (κ3) is 4.12. The summed E-state index contributed by atoms with van der Waals surface area (Å²) in [4.78, 5) is 0.153. The minimum absolute atomic E-state index is 0.153. The van der Waals surface area contributed by atoms with Gasteiger partial charge in [0.1, 0.15) is 0 Å². The Morgan fingerprint density at radius 2 is 1.80 bits per heavy atom. The molecule has 7 heteroatoms. The second kappa shape index (κ2) is 7.30. The van der Waals surface area contributed by atoms with Gasteiger partial charge in [0.2, 0.25) is 10.0 Å². The Bertz CT molecular complexity index is 971. The van der Waals surface area contributed by atoms with Crippen LogP contribution in [0.3, 0.4) is 0 Å². The first kappa shape index (κ1) is 16.9. The van der Waals surface area contributed by atoms with Crippen molar-refractivity contribution in [3.8, 4) is 11.8 Å². The van der Waals surface area contributed by atoms with E-state index in [-0.39, 0.29) is 4.90 Å². The largest absolute Gasteiger partial charge is 0.241 e. The smallest absolute Gasteiger partial charge is 0.240 e. The Morgan fingerprint density at radius 1 is 1.08 bits per heavy atom. The molecule has 6 nitrogen and oxygen atoms in total. The molecule has 1 heterocycles. The van der Waals surface area contributed by atoms with Crippen LogP contribution >= 0.6 is 0 Å². The molecule has 0 aliphatic heterocycles. The predicted octanol–water partition coefficient (Wildman–Crippen LogP) is 2.26. The van der Waals surface area contributed by atoms with Gasteiger partial charge in [-0.2, -0.15) is 10.4 Å². The van der Waals surface area contributed by atoms with E-state index >= 15 is 0 Å². The van der Waals surface area contributed by atoms with Crippen LogP contribution < -0.4 is 4.72 Å². The number of nitrogens with one attached hydrogen (secondary N) is 1. The fourth-order valence-electron chi connectivity index (χ4n) is 2.36. The van der Waals surface area contributed by atoms with Gasteiger partial charge in [0, 0.05) is 18.9 Å². The molecule has 0 atom stereocenters. The van der Waals surface area contributed by atoms with Crippen LogP contribution in [0.25, 0.3) is 5.69 Å². The molecule has 3 rings (SSSR count). The van der Waals surface area contributed by atoms with Crippen molar-refractivity contribution in [3.63, 3.8) is 0 Å². The summed E-state index contributed by atoms with van der Waals surface area (Å²) in [6.45, 7) is 0.295. The lowest BCUT2D eigenvalue weighted by Crippen LogP contribution is -2.26. The molecule has 0 fully saturated rings. The summed E-state index contributed by atoms with van der Waals surface area (Å²) in [5, 5.41) is 12.9. The lowest BCUT2D eigenvalue weighted by Gasteiger charge is -2.08. The summed E-state index contributed by atoms with van der Waals surface area (Å²) in [6, 6.07) is 17.4. The van der Waals surface area contributed by atoms with E-state index in [9.17, 15) is 8.42 Å². The summed E-state index contributed by atoms with van der Waals surface area (Å²) in [6.07, 6.45) is 4.15. The van der Waals surface area contributed by atoms with E-state index in [1.54, 1.807) is 10.9 Å². The van der Waals surface area contributed by atoms with E-state index < -0.39 is 10.0 Å². The molecule has 1 aromatic heterocycles. The molecule has 1 N–H and O–H groups in total. The third-order valence-electron chi connectivity index (χ3n) is 3.70. The molecular weight excluding hydrogens is 336 g/mol. The molecule has 0 saturated carbocycles. The summed E-state index contributed by atoms with van der Waals surface area (Å²) in [5.41, 5.74) is 2.40. The van der Waals surface area contributed by atoms with Crippen LogP contribution in [0.5, 0.6) is 0 Å². The van der Waals surface area contributed by atoms with Gasteiger partial charge in [-0.1, -0.05) is 12.1 Å². The van der Waals surface area contributed by atoms with E-state index in [1.165, 1.54) is 24.3 Å². The highest BCUT2D eigenvalue weighted by molar-refractivity contribution is 7.89. The normalized spacial score (nSPS) is 11.2. The van der Waals surface area contributed by atoms with E-state index in [2.05, 4.69) is 9.82 Å². The SMILES string of the molecule is N#Cc1ccc(S(=O)(=O)NCCc2ccc(-n3cccn3)cc2)cc1. The van der Waals surface area contributed by atoms with Crippen molar-refractivity contribution in [1.29, 1.82) is 5.26 Å². The molecule has 126 valence electrons. The van der Waals surface area contributed by atoms with Gasteiger partial charge in [-0.05, 0) is 54.4 Å².